The van der Waals surface area contributed by atoms with Crippen LogP contribution in [0.15, 0.2) is 79.0 Å². The fourth-order valence-corrected chi connectivity index (χ4v) is 6.40. The van der Waals surface area contributed by atoms with Crippen molar-refractivity contribution >= 4 is 51.6 Å². The number of amides is 2. The van der Waals surface area contributed by atoms with Gasteiger partial charge in [0.1, 0.15) is 0 Å². The number of benzene rings is 3. The Morgan fingerprint density at radius 3 is 2.33 bits per heavy atom. The molecule has 0 bridgehead atoms. The van der Waals surface area contributed by atoms with E-state index in [9.17, 15) is 9.59 Å². The highest BCUT2D eigenvalue weighted by Crippen LogP contribution is 2.47. The van der Waals surface area contributed by atoms with Crippen LogP contribution in [0.3, 0.4) is 0 Å². The van der Waals surface area contributed by atoms with Gasteiger partial charge in [0.2, 0.25) is 0 Å². The number of nitrogens with one attached hydrogen (secondary N) is 2. The fourth-order valence-electron chi connectivity index (χ4n) is 5.89. The highest BCUT2D eigenvalue weighted by atomic mass is 35.5. The van der Waals surface area contributed by atoms with E-state index in [2.05, 4.69) is 40.5 Å². The summed E-state index contributed by atoms with van der Waals surface area (Å²) in [6.45, 7) is 1.33. The van der Waals surface area contributed by atoms with Gasteiger partial charge in [0.05, 0.1) is 12.2 Å². The van der Waals surface area contributed by atoms with Crippen LogP contribution in [0.25, 0.3) is 10.9 Å². The second-order valence-corrected chi connectivity index (χ2v) is 11.3. The average molecular weight is 575 g/mol. The van der Waals surface area contributed by atoms with Gasteiger partial charge in [-0.15, -0.1) is 0 Å². The number of fused-ring (bicyclic) bond motifs is 2. The molecule has 0 spiro atoms. The van der Waals surface area contributed by atoms with E-state index >= 15 is 0 Å². The highest BCUT2D eigenvalue weighted by molar-refractivity contribution is 6.36. The number of nitrogens with zero attached hydrogens (tertiary/aromatic N) is 3. The van der Waals surface area contributed by atoms with E-state index in [4.69, 9.17) is 23.2 Å². The summed E-state index contributed by atoms with van der Waals surface area (Å²) in [6.07, 6.45) is 6.38. The zero-order valence-corrected chi connectivity index (χ0v) is 23.8. The Kier molecular flexibility index (Phi) is 6.92. The zero-order chi connectivity index (χ0) is 28.0. The molecular formula is C31H29Cl2N5O2. The summed E-state index contributed by atoms with van der Waals surface area (Å²) in [6, 6.07) is 19.5. The molecule has 7 nitrogen and oxygen atoms in total. The Bertz CT molecular complexity index is 1640. The van der Waals surface area contributed by atoms with Crippen molar-refractivity contribution < 1.29 is 9.59 Å². The minimum Gasteiger partial charge on any atom is -0.342 e. The van der Waals surface area contributed by atoms with Crippen LogP contribution in [-0.4, -0.2) is 46.8 Å². The number of anilines is 1. The van der Waals surface area contributed by atoms with E-state index < -0.39 is 5.66 Å². The van der Waals surface area contributed by atoms with Crippen LogP contribution < -0.4 is 10.9 Å². The summed E-state index contributed by atoms with van der Waals surface area (Å²) in [5, 5.41) is 2.05. The molecule has 2 aliphatic heterocycles. The van der Waals surface area contributed by atoms with Gasteiger partial charge in [-0.2, -0.15) is 0 Å². The van der Waals surface area contributed by atoms with Crippen LogP contribution in [0.2, 0.25) is 10.0 Å². The van der Waals surface area contributed by atoms with Crippen molar-refractivity contribution in [3.63, 3.8) is 0 Å². The third-order valence-corrected chi connectivity index (χ3v) is 8.36. The number of aryl methyl sites for hydroxylation is 1. The van der Waals surface area contributed by atoms with Crippen molar-refractivity contribution in [3.05, 3.63) is 111 Å². The number of carbonyl (C=O) groups is 2. The van der Waals surface area contributed by atoms with Crippen LogP contribution in [0.4, 0.5) is 5.69 Å². The number of para-hydroxylation sites is 1. The lowest BCUT2D eigenvalue weighted by Gasteiger charge is -2.38. The zero-order valence-electron chi connectivity index (χ0n) is 22.2. The van der Waals surface area contributed by atoms with Crippen LogP contribution in [0, 0.1) is 0 Å². The van der Waals surface area contributed by atoms with Gasteiger partial charge < -0.3 is 14.9 Å². The number of halogens is 2. The summed E-state index contributed by atoms with van der Waals surface area (Å²) in [4.78, 5) is 30.3. The van der Waals surface area contributed by atoms with Crippen LogP contribution in [0.1, 0.15) is 28.7 Å². The topological polar surface area (TPSA) is 69.6 Å². The molecule has 1 unspecified atom stereocenters. The molecule has 0 aliphatic carbocycles. The van der Waals surface area contributed by atoms with Crippen molar-refractivity contribution in [2.75, 3.05) is 26.1 Å². The summed E-state index contributed by atoms with van der Waals surface area (Å²) < 4.78 is 2.08. The molecule has 204 valence electrons. The Morgan fingerprint density at radius 2 is 1.60 bits per heavy atom. The molecule has 1 aromatic heterocycles. The number of aromatic nitrogens is 1. The van der Waals surface area contributed by atoms with E-state index in [1.54, 1.807) is 0 Å². The number of hydrogen-bond acceptors (Lipinski definition) is 5. The van der Waals surface area contributed by atoms with E-state index in [1.165, 1.54) is 17.1 Å². The predicted octanol–water partition coefficient (Wildman–Crippen LogP) is 5.55. The monoisotopic (exact) mass is 573 g/mol. The Balaban J connectivity index is 1.59. The minimum absolute atomic E-state index is 0.374. The number of hydrazine groups is 1. The van der Waals surface area contributed by atoms with E-state index in [0.29, 0.717) is 16.6 Å². The van der Waals surface area contributed by atoms with Gasteiger partial charge in [0.15, 0.2) is 5.66 Å². The molecule has 3 heterocycles. The summed E-state index contributed by atoms with van der Waals surface area (Å²) >= 11 is 13.1. The second kappa shape index (κ2) is 10.4. The van der Waals surface area contributed by atoms with Gasteiger partial charge in [-0.05, 0) is 63.3 Å². The third kappa shape index (κ3) is 4.30. The minimum atomic E-state index is -1.28. The number of imide groups is 1. The molecule has 0 saturated carbocycles. The first-order valence-electron chi connectivity index (χ1n) is 13.2. The van der Waals surface area contributed by atoms with Gasteiger partial charge in [-0.25, -0.2) is 10.3 Å². The molecule has 9 heteroatoms. The number of carbonyl (C=O) groups excluding carboxylic acids is 2. The maximum Gasteiger partial charge on any atom is 0.255 e. The van der Waals surface area contributed by atoms with Crippen molar-refractivity contribution in [1.82, 2.24) is 19.8 Å². The van der Waals surface area contributed by atoms with Crippen LogP contribution in [0.5, 0.6) is 0 Å². The molecule has 6 rings (SSSR count). The smallest absolute Gasteiger partial charge is 0.255 e. The van der Waals surface area contributed by atoms with Crippen molar-refractivity contribution in [2.45, 2.75) is 25.0 Å². The number of rotatable bonds is 8. The summed E-state index contributed by atoms with van der Waals surface area (Å²) in [5.74, 6) is -0.748. The van der Waals surface area contributed by atoms with Gasteiger partial charge >= 0.3 is 0 Å². The largest absolute Gasteiger partial charge is 0.342 e. The van der Waals surface area contributed by atoms with E-state index in [-0.39, 0.29) is 11.8 Å². The molecule has 40 heavy (non-hydrogen) atoms. The van der Waals surface area contributed by atoms with Gasteiger partial charge in [0, 0.05) is 56.0 Å². The quantitative estimate of drug-likeness (QED) is 0.270. The standard InChI is InChI=1S/C31H29Cl2N5O2/c1-36(2)17-7-9-20-8-5-13-26-30(20)31(35-34-26,38-28(39)15-16-29(38)40)23-19-37(27-14-4-3-10-21(23)27)18-22-24(32)11-6-12-25(22)33/h3-6,8,10-16,19,34-35H,7,9,17-18H2,1-2H3. The molecule has 4 aromatic rings. The lowest BCUT2D eigenvalue weighted by atomic mass is 9.85. The Hall–Kier alpha value is -3.62. The first-order chi connectivity index (χ1) is 19.3. The predicted molar refractivity (Wildman–Crippen MR) is 159 cm³/mol. The first kappa shape index (κ1) is 26.6. The SMILES string of the molecule is CN(C)CCCc1cccc2c1C(c1cn(Cc3c(Cl)cccc3Cl)c3ccccc13)(N1C(=O)C=CC1=O)NN2. The number of hydrogen-bond donors (Lipinski definition) is 2. The van der Waals surface area contributed by atoms with Gasteiger partial charge in [-0.1, -0.05) is 59.6 Å². The summed E-state index contributed by atoms with van der Waals surface area (Å²) in [7, 11) is 4.10. The normalized spacial score (nSPS) is 18.3. The molecular weight excluding hydrogens is 545 g/mol. The molecule has 3 aromatic carbocycles. The lowest BCUT2D eigenvalue weighted by Crippen LogP contribution is -2.57. The van der Waals surface area contributed by atoms with E-state index in [0.717, 1.165) is 58.2 Å². The lowest BCUT2D eigenvalue weighted by molar-refractivity contribution is -0.143. The van der Waals surface area contributed by atoms with Gasteiger partial charge in [-0.3, -0.25) is 9.59 Å². The van der Waals surface area contributed by atoms with Crippen LogP contribution >= 0.6 is 23.2 Å². The molecule has 1 atom stereocenters. The highest BCUT2D eigenvalue weighted by Gasteiger charge is 2.53. The van der Waals surface area contributed by atoms with E-state index in [1.807, 2.05) is 60.8 Å². The Morgan fingerprint density at radius 1 is 0.900 bits per heavy atom. The fraction of sp³-hybridized carbons (Fsp3) is 0.226. The molecule has 0 radical (unpaired) electrons. The molecule has 2 amide bonds. The Labute approximate surface area is 242 Å². The molecule has 2 aliphatic rings. The van der Waals surface area contributed by atoms with Crippen LogP contribution in [-0.2, 0) is 28.2 Å². The van der Waals surface area contributed by atoms with Crippen molar-refractivity contribution in [3.8, 4) is 0 Å². The molecule has 2 N–H and O–H groups in total. The molecule has 0 saturated heterocycles. The van der Waals surface area contributed by atoms with Crippen molar-refractivity contribution in [1.29, 1.82) is 0 Å². The maximum atomic E-state index is 13.4. The first-order valence-corrected chi connectivity index (χ1v) is 13.9. The second-order valence-electron chi connectivity index (χ2n) is 10.4. The molecule has 0 fully saturated rings. The third-order valence-electron chi connectivity index (χ3n) is 7.66. The average Bonchev–Trinajstić information content (AvgIpc) is 3.60. The summed E-state index contributed by atoms with van der Waals surface area (Å²) in [5.41, 5.74) is 10.7. The maximum absolute atomic E-state index is 13.4. The van der Waals surface area contributed by atoms with Gasteiger partial charge in [0.25, 0.3) is 11.8 Å². The van der Waals surface area contributed by atoms with Crippen molar-refractivity contribution in [2.24, 2.45) is 0 Å².